The van der Waals surface area contributed by atoms with E-state index >= 15 is 0 Å². The standard InChI is InChI=1S/C18H28N4O.HI/c1-19-18(20-14-6-5-7-14)21-15-10-12-22(13-11-15)16-8-3-4-9-17(16)23-2;/h3-4,8-9,14-15H,5-7,10-13H2,1-2H3,(H2,19,20,21);1H. The molecular weight excluding hydrogens is 415 g/mol. The quantitative estimate of drug-likeness (QED) is 0.426. The number of hydrogen-bond donors (Lipinski definition) is 2. The smallest absolute Gasteiger partial charge is 0.191 e. The molecule has 1 aromatic rings. The summed E-state index contributed by atoms with van der Waals surface area (Å²) in [7, 11) is 3.60. The van der Waals surface area contributed by atoms with E-state index in [0.29, 0.717) is 12.1 Å². The first kappa shape index (κ1) is 19.1. The fraction of sp³-hybridized carbons (Fsp3) is 0.611. The zero-order valence-electron chi connectivity index (χ0n) is 14.6. The van der Waals surface area contributed by atoms with Crippen molar-refractivity contribution in [2.45, 2.75) is 44.2 Å². The second-order valence-electron chi connectivity index (χ2n) is 6.42. The molecule has 24 heavy (non-hydrogen) atoms. The maximum absolute atomic E-state index is 5.48. The van der Waals surface area contributed by atoms with Crippen LogP contribution >= 0.6 is 24.0 Å². The van der Waals surface area contributed by atoms with Gasteiger partial charge in [-0.2, -0.15) is 0 Å². The molecule has 0 radical (unpaired) electrons. The van der Waals surface area contributed by atoms with Crippen molar-refractivity contribution in [1.29, 1.82) is 0 Å². The Morgan fingerprint density at radius 1 is 1.08 bits per heavy atom. The van der Waals surface area contributed by atoms with Crippen LogP contribution in [0.4, 0.5) is 5.69 Å². The van der Waals surface area contributed by atoms with Crippen molar-refractivity contribution in [1.82, 2.24) is 10.6 Å². The van der Waals surface area contributed by atoms with Gasteiger partial charge in [0.1, 0.15) is 5.75 Å². The number of anilines is 1. The Labute approximate surface area is 162 Å². The Hall–Kier alpha value is -1.18. The normalized spacial score (nSPS) is 19.2. The van der Waals surface area contributed by atoms with Crippen LogP contribution in [0.1, 0.15) is 32.1 Å². The van der Waals surface area contributed by atoms with Crippen LogP contribution in [-0.2, 0) is 0 Å². The van der Waals surface area contributed by atoms with Crippen LogP contribution in [0, 0.1) is 0 Å². The molecule has 0 aromatic heterocycles. The van der Waals surface area contributed by atoms with Gasteiger partial charge in [-0.1, -0.05) is 12.1 Å². The molecule has 1 heterocycles. The molecule has 1 saturated heterocycles. The predicted octanol–water partition coefficient (Wildman–Crippen LogP) is 3.00. The summed E-state index contributed by atoms with van der Waals surface area (Å²) in [6.07, 6.45) is 6.11. The molecule has 1 aliphatic carbocycles. The molecule has 2 aliphatic rings. The van der Waals surface area contributed by atoms with Crippen LogP contribution in [0.2, 0.25) is 0 Å². The van der Waals surface area contributed by atoms with E-state index in [1.54, 1.807) is 7.11 Å². The molecule has 2 fully saturated rings. The molecule has 2 N–H and O–H groups in total. The number of guanidine groups is 1. The molecular formula is C18H29IN4O. The van der Waals surface area contributed by atoms with Gasteiger partial charge in [0.05, 0.1) is 12.8 Å². The number of para-hydroxylation sites is 2. The molecule has 0 bridgehead atoms. The third-order valence-electron chi connectivity index (χ3n) is 4.93. The highest BCUT2D eigenvalue weighted by Crippen LogP contribution is 2.29. The Bertz CT molecular complexity index is 540. The van der Waals surface area contributed by atoms with Crippen molar-refractivity contribution >= 4 is 35.6 Å². The maximum Gasteiger partial charge on any atom is 0.191 e. The van der Waals surface area contributed by atoms with Crippen molar-refractivity contribution in [3.8, 4) is 5.75 Å². The van der Waals surface area contributed by atoms with Crippen molar-refractivity contribution in [2.75, 3.05) is 32.1 Å². The van der Waals surface area contributed by atoms with Gasteiger partial charge in [0.2, 0.25) is 0 Å². The number of methoxy groups -OCH3 is 1. The van der Waals surface area contributed by atoms with E-state index in [1.165, 1.54) is 24.9 Å². The first-order chi connectivity index (χ1) is 11.3. The van der Waals surface area contributed by atoms with Crippen LogP contribution in [-0.4, -0.2) is 45.3 Å². The maximum atomic E-state index is 5.48. The van der Waals surface area contributed by atoms with Crippen molar-refractivity contribution in [3.05, 3.63) is 24.3 Å². The number of ether oxygens (including phenoxy) is 1. The van der Waals surface area contributed by atoms with Crippen LogP contribution in [0.15, 0.2) is 29.3 Å². The minimum Gasteiger partial charge on any atom is -0.495 e. The fourth-order valence-corrected chi connectivity index (χ4v) is 3.27. The lowest BCUT2D eigenvalue weighted by molar-refractivity contribution is 0.373. The average Bonchev–Trinajstić information content (AvgIpc) is 2.57. The molecule has 0 atom stereocenters. The van der Waals surface area contributed by atoms with E-state index in [2.05, 4.69) is 32.7 Å². The lowest BCUT2D eigenvalue weighted by atomic mass is 9.93. The first-order valence-corrected chi connectivity index (χ1v) is 8.68. The summed E-state index contributed by atoms with van der Waals surface area (Å²) >= 11 is 0. The van der Waals surface area contributed by atoms with Gasteiger partial charge in [0, 0.05) is 32.2 Å². The fourth-order valence-electron chi connectivity index (χ4n) is 3.27. The molecule has 0 amide bonds. The number of nitrogens with one attached hydrogen (secondary N) is 2. The zero-order chi connectivity index (χ0) is 16.1. The summed E-state index contributed by atoms with van der Waals surface area (Å²) in [4.78, 5) is 6.79. The molecule has 3 rings (SSSR count). The number of aliphatic imine (C=N–C) groups is 1. The minimum atomic E-state index is 0. The molecule has 5 nitrogen and oxygen atoms in total. The zero-order valence-corrected chi connectivity index (χ0v) is 17.0. The van der Waals surface area contributed by atoms with Crippen LogP contribution in [0.3, 0.4) is 0 Å². The Balaban J connectivity index is 0.00000208. The van der Waals surface area contributed by atoms with Crippen molar-refractivity contribution in [3.63, 3.8) is 0 Å². The summed E-state index contributed by atoms with van der Waals surface area (Å²) in [5.74, 6) is 1.92. The summed E-state index contributed by atoms with van der Waals surface area (Å²) in [6, 6.07) is 9.38. The minimum absolute atomic E-state index is 0. The van der Waals surface area contributed by atoms with Gasteiger partial charge in [-0.05, 0) is 44.2 Å². The second kappa shape index (κ2) is 9.34. The summed E-state index contributed by atoms with van der Waals surface area (Å²) < 4.78 is 5.48. The first-order valence-electron chi connectivity index (χ1n) is 8.68. The second-order valence-corrected chi connectivity index (χ2v) is 6.42. The monoisotopic (exact) mass is 444 g/mol. The van der Waals surface area contributed by atoms with E-state index in [-0.39, 0.29) is 24.0 Å². The highest BCUT2D eigenvalue weighted by atomic mass is 127. The Morgan fingerprint density at radius 2 is 1.71 bits per heavy atom. The van der Waals surface area contributed by atoms with Crippen LogP contribution in [0.25, 0.3) is 0 Å². The largest absolute Gasteiger partial charge is 0.495 e. The number of rotatable bonds is 4. The number of piperidine rings is 1. The van der Waals surface area contributed by atoms with E-state index in [4.69, 9.17) is 4.74 Å². The van der Waals surface area contributed by atoms with Gasteiger partial charge in [-0.25, -0.2) is 0 Å². The van der Waals surface area contributed by atoms with Gasteiger partial charge < -0.3 is 20.3 Å². The molecule has 1 aromatic carbocycles. The number of hydrogen-bond acceptors (Lipinski definition) is 3. The third kappa shape index (κ3) is 4.68. The molecule has 0 spiro atoms. The van der Waals surface area contributed by atoms with Crippen molar-refractivity contribution in [2.24, 2.45) is 4.99 Å². The SMILES string of the molecule is CN=C(NC1CCC1)NC1CCN(c2ccccc2OC)CC1.I. The predicted molar refractivity (Wildman–Crippen MR) is 111 cm³/mol. The topological polar surface area (TPSA) is 48.9 Å². The summed E-state index contributed by atoms with van der Waals surface area (Å²) in [6.45, 7) is 2.08. The van der Waals surface area contributed by atoms with Gasteiger partial charge in [-0.3, -0.25) is 4.99 Å². The van der Waals surface area contributed by atoms with Crippen molar-refractivity contribution < 1.29 is 4.74 Å². The van der Waals surface area contributed by atoms with Gasteiger partial charge in [0.15, 0.2) is 5.96 Å². The average molecular weight is 444 g/mol. The number of nitrogens with zero attached hydrogens (tertiary/aromatic N) is 2. The van der Waals surface area contributed by atoms with E-state index in [1.807, 2.05) is 19.2 Å². The lowest BCUT2D eigenvalue weighted by Gasteiger charge is -2.36. The molecule has 0 unspecified atom stereocenters. The molecule has 1 saturated carbocycles. The van der Waals surface area contributed by atoms with Gasteiger partial charge in [0.25, 0.3) is 0 Å². The molecule has 6 heteroatoms. The van der Waals surface area contributed by atoms with Gasteiger partial charge >= 0.3 is 0 Å². The van der Waals surface area contributed by atoms with Crippen LogP contribution in [0.5, 0.6) is 5.75 Å². The molecule has 134 valence electrons. The summed E-state index contributed by atoms with van der Waals surface area (Å²) in [5, 5.41) is 7.10. The number of benzene rings is 1. The number of halogens is 1. The van der Waals surface area contributed by atoms with E-state index < -0.39 is 0 Å². The lowest BCUT2D eigenvalue weighted by Crippen LogP contribution is -2.52. The Kier molecular flexibility index (Phi) is 7.45. The van der Waals surface area contributed by atoms with Crippen LogP contribution < -0.4 is 20.3 Å². The Morgan fingerprint density at radius 3 is 2.25 bits per heavy atom. The van der Waals surface area contributed by atoms with E-state index in [0.717, 1.165) is 37.6 Å². The summed E-state index contributed by atoms with van der Waals surface area (Å²) in [5.41, 5.74) is 1.20. The van der Waals surface area contributed by atoms with E-state index in [9.17, 15) is 0 Å². The van der Waals surface area contributed by atoms with Gasteiger partial charge in [-0.15, -0.1) is 24.0 Å². The molecule has 1 aliphatic heterocycles. The highest BCUT2D eigenvalue weighted by Gasteiger charge is 2.23. The third-order valence-corrected chi connectivity index (χ3v) is 4.93. The highest BCUT2D eigenvalue weighted by molar-refractivity contribution is 14.0.